The number of carbonyl (C=O) groups is 1. The van der Waals surface area contributed by atoms with Gasteiger partial charge in [0.15, 0.2) is 0 Å². The van der Waals surface area contributed by atoms with Crippen molar-refractivity contribution in [2.24, 2.45) is 0 Å². The SMILES string of the molecule is O=C(CCc1nc(-c2ncccn2)no1)N(CCc1ccccc1)Cc1ccncc1. The molecule has 0 radical (unpaired) electrons. The van der Waals surface area contributed by atoms with Crippen LogP contribution in [-0.2, 0) is 24.2 Å². The minimum Gasteiger partial charge on any atom is -0.339 e. The second-order valence-electron chi connectivity index (χ2n) is 6.99. The van der Waals surface area contributed by atoms with E-state index in [1.807, 2.05) is 35.2 Å². The van der Waals surface area contributed by atoms with Crippen LogP contribution >= 0.6 is 0 Å². The van der Waals surface area contributed by atoms with Crippen molar-refractivity contribution < 1.29 is 9.32 Å². The fourth-order valence-electron chi connectivity index (χ4n) is 3.14. The Labute approximate surface area is 180 Å². The topological polar surface area (TPSA) is 97.9 Å². The van der Waals surface area contributed by atoms with Gasteiger partial charge in [-0.2, -0.15) is 4.98 Å². The van der Waals surface area contributed by atoms with E-state index in [1.165, 1.54) is 5.56 Å². The van der Waals surface area contributed by atoms with Crippen molar-refractivity contribution in [3.63, 3.8) is 0 Å². The summed E-state index contributed by atoms with van der Waals surface area (Å²) in [5, 5.41) is 3.91. The van der Waals surface area contributed by atoms with Crippen LogP contribution in [0, 0.1) is 0 Å². The maximum atomic E-state index is 13.0. The summed E-state index contributed by atoms with van der Waals surface area (Å²) in [6, 6.07) is 15.7. The minimum absolute atomic E-state index is 0.0310. The molecule has 1 aromatic carbocycles. The van der Waals surface area contributed by atoms with Crippen LogP contribution in [0.3, 0.4) is 0 Å². The van der Waals surface area contributed by atoms with Gasteiger partial charge in [-0.25, -0.2) is 9.97 Å². The van der Waals surface area contributed by atoms with E-state index in [4.69, 9.17) is 4.52 Å². The fraction of sp³-hybridized carbons (Fsp3) is 0.217. The Morgan fingerprint density at radius 3 is 2.39 bits per heavy atom. The Hall–Kier alpha value is -3.94. The summed E-state index contributed by atoms with van der Waals surface area (Å²) < 4.78 is 5.28. The van der Waals surface area contributed by atoms with Crippen molar-refractivity contribution in [3.05, 3.63) is 90.3 Å². The molecule has 0 N–H and O–H groups in total. The number of hydrogen-bond donors (Lipinski definition) is 0. The molecule has 0 aliphatic rings. The van der Waals surface area contributed by atoms with Gasteiger partial charge in [0.25, 0.3) is 0 Å². The van der Waals surface area contributed by atoms with E-state index in [0.29, 0.717) is 37.0 Å². The third-order valence-corrected chi connectivity index (χ3v) is 4.78. The van der Waals surface area contributed by atoms with Gasteiger partial charge < -0.3 is 9.42 Å². The van der Waals surface area contributed by atoms with Gasteiger partial charge in [-0.3, -0.25) is 9.78 Å². The van der Waals surface area contributed by atoms with Crippen LogP contribution in [0.5, 0.6) is 0 Å². The average Bonchev–Trinajstić information content (AvgIpc) is 3.31. The molecule has 0 atom stereocenters. The second kappa shape index (κ2) is 10.2. The third-order valence-electron chi connectivity index (χ3n) is 4.78. The zero-order chi connectivity index (χ0) is 21.3. The Morgan fingerprint density at radius 1 is 0.839 bits per heavy atom. The Kier molecular flexibility index (Phi) is 6.69. The van der Waals surface area contributed by atoms with Crippen molar-refractivity contribution in [1.29, 1.82) is 0 Å². The highest BCUT2D eigenvalue weighted by molar-refractivity contribution is 5.76. The molecule has 3 heterocycles. The molecule has 8 heteroatoms. The molecule has 0 spiro atoms. The first kappa shape index (κ1) is 20.3. The molecule has 156 valence electrons. The van der Waals surface area contributed by atoms with Crippen molar-refractivity contribution in [2.45, 2.75) is 25.8 Å². The van der Waals surface area contributed by atoms with E-state index in [9.17, 15) is 4.79 Å². The lowest BCUT2D eigenvalue weighted by molar-refractivity contribution is -0.131. The van der Waals surface area contributed by atoms with E-state index in [-0.39, 0.29) is 12.3 Å². The first-order chi connectivity index (χ1) is 15.3. The number of benzene rings is 1. The summed E-state index contributed by atoms with van der Waals surface area (Å²) in [6.07, 6.45) is 8.13. The van der Waals surface area contributed by atoms with Gasteiger partial charge in [-0.1, -0.05) is 35.5 Å². The number of aromatic nitrogens is 5. The van der Waals surface area contributed by atoms with Gasteiger partial charge in [-0.15, -0.1) is 0 Å². The number of hydrogen-bond acceptors (Lipinski definition) is 7. The smallest absolute Gasteiger partial charge is 0.240 e. The molecule has 3 aromatic heterocycles. The van der Waals surface area contributed by atoms with Crippen LogP contribution in [0.25, 0.3) is 11.6 Å². The predicted octanol–water partition coefficient (Wildman–Crippen LogP) is 3.13. The van der Waals surface area contributed by atoms with Crippen LogP contribution in [0.15, 0.2) is 77.8 Å². The average molecular weight is 414 g/mol. The standard InChI is InChI=1S/C23H22N6O2/c30-21(8-7-20-27-23(28-31-20)22-25-12-4-13-26-22)29(17-19-9-14-24-15-10-19)16-11-18-5-2-1-3-6-18/h1-6,9-10,12-15H,7-8,11,16-17H2. The summed E-state index contributed by atoms with van der Waals surface area (Å²) in [7, 11) is 0. The van der Waals surface area contributed by atoms with Crippen LogP contribution in [0.2, 0.25) is 0 Å². The van der Waals surface area contributed by atoms with Gasteiger partial charge >= 0.3 is 0 Å². The third kappa shape index (κ3) is 5.79. The van der Waals surface area contributed by atoms with Crippen LogP contribution < -0.4 is 0 Å². The van der Waals surface area contributed by atoms with Crippen LogP contribution in [0.4, 0.5) is 0 Å². The highest BCUT2D eigenvalue weighted by atomic mass is 16.5. The predicted molar refractivity (Wildman–Crippen MR) is 113 cm³/mol. The molecule has 31 heavy (non-hydrogen) atoms. The van der Waals surface area contributed by atoms with Crippen LogP contribution in [0.1, 0.15) is 23.4 Å². The molecule has 0 aliphatic heterocycles. The highest BCUT2D eigenvalue weighted by Crippen LogP contribution is 2.13. The highest BCUT2D eigenvalue weighted by Gasteiger charge is 2.17. The van der Waals surface area contributed by atoms with Crippen molar-refractivity contribution in [3.8, 4) is 11.6 Å². The number of nitrogens with zero attached hydrogens (tertiary/aromatic N) is 6. The first-order valence-electron chi connectivity index (χ1n) is 10.1. The quantitative estimate of drug-likeness (QED) is 0.415. The molecular weight excluding hydrogens is 392 g/mol. The van der Waals surface area contributed by atoms with E-state index in [1.54, 1.807) is 30.9 Å². The van der Waals surface area contributed by atoms with E-state index < -0.39 is 0 Å². The summed E-state index contributed by atoms with van der Waals surface area (Å²) in [5.74, 6) is 1.14. The van der Waals surface area contributed by atoms with Crippen molar-refractivity contribution in [1.82, 2.24) is 30.0 Å². The number of rotatable bonds is 9. The fourth-order valence-corrected chi connectivity index (χ4v) is 3.14. The lowest BCUT2D eigenvalue weighted by Crippen LogP contribution is -2.32. The zero-order valence-electron chi connectivity index (χ0n) is 17.0. The lowest BCUT2D eigenvalue weighted by atomic mass is 10.1. The summed E-state index contributed by atoms with van der Waals surface area (Å²) in [4.78, 5) is 31.5. The maximum absolute atomic E-state index is 13.0. The summed E-state index contributed by atoms with van der Waals surface area (Å²) in [6.45, 7) is 1.15. The molecule has 0 unspecified atom stereocenters. The summed E-state index contributed by atoms with van der Waals surface area (Å²) in [5.41, 5.74) is 2.23. The maximum Gasteiger partial charge on any atom is 0.240 e. The summed E-state index contributed by atoms with van der Waals surface area (Å²) >= 11 is 0. The van der Waals surface area contributed by atoms with Gasteiger partial charge in [0.05, 0.1) is 0 Å². The first-order valence-corrected chi connectivity index (χ1v) is 10.1. The molecule has 4 rings (SSSR count). The lowest BCUT2D eigenvalue weighted by Gasteiger charge is -2.23. The Bertz CT molecular complexity index is 1090. The zero-order valence-corrected chi connectivity index (χ0v) is 17.0. The van der Waals surface area contributed by atoms with Gasteiger partial charge in [0.1, 0.15) is 0 Å². The Morgan fingerprint density at radius 2 is 1.61 bits per heavy atom. The number of aryl methyl sites for hydroxylation is 1. The van der Waals surface area contributed by atoms with Gasteiger partial charge in [0.2, 0.25) is 23.4 Å². The molecular formula is C23H22N6O2. The Balaban J connectivity index is 1.39. The van der Waals surface area contributed by atoms with Gasteiger partial charge in [0, 0.05) is 50.7 Å². The molecule has 8 nitrogen and oxygen atoms in total. The van der Waals surface area contributed by atoms with E-state index in [0.717, 1.165) is 12.0 Å². The monoisotopic (exact) mass is 414 g/mol. The molecule has 0 bridgehead atoms. The molecule has 1 amide bonds. The minimum atomic E-state index is 0.0310. The van der Waals surface area contributed by atoms with Gasteiger partial charge in [-0.05, 0) is 35.7 Å². The largest absolute Gasteiger partial charge is 0.339 e. The molecule has 0 fully saturated rings. The molecule has 0 saturated carbocycles. The second-order valence-corrected chi connectivity index (χ2v) is 6.99. The van der Waals surface area contributed by atoms with Crippen molar-refractivity contribution in [2.75, 3.05) is 6.54 Å². The van der Waals surface area contributed by atoms with Crippen LogP contribution in [-0.4, -0.2) is 42.4 Å². The molecule has 0 saturated heterocycles. The molecule has 0 aliphatic carbocycles. The van der Waals surface area contributed by atoms with E-state index >= 15 is 0 Å². The van der Waals surface area contributed by atoms with E-state index in [2.05, 4.69) is 37.2 Å². The number of carbonyl (C=O) groups excluding carboxylic acids is 1. The normalized spacial score (nSPS) is 10.7. The number of amides is 1. The molecule has 4 aromatic rings. The van der Waals surface area contributed by atoms with Crippen molar-refractivity contribution >= 4 is 5.91 Å². The number of pyridine rings is 1.